The van der Waals surface area contributed by atoms with Crippen molar-refractivity contribution in [2.24, 2.45) is 0 Å². The van der Waals surface area contributed by atoms with Crippen LogP contribution < -0.4 is 0 Å². The molecule has 2 heteroatoms. The van der Waals surface area contributed by atoms with E-state index in [4.69, 9.17) is 0 Å². The third kappa shape index (κ3) is 4.18. The Morgan fingerprint density at radius 1 is 1.19 bits per heavy atom. The van der Waals surface area contributed by atoms with Crippen molar-refractivity contribution in [2.45, 2.75) is 45.5 Å². The highest BCUT2D eigenvalue weighted by atomic mass is 32.2. The van der Waals surface area contributed by atoms with Crippen molar-refractivity contribution >= 4 is 11.8 Å². The molecule has 0 fully saturated rings. The molecule has 1 N–H and O–H groups in total. The van der Waals surface area contributed by atoms with Crippen LogP contribution in [0.25, 0.3) is 0 Å². The summed E-state index contributed by atoms with van der Waals surface area (Å²) in [6.07, 6.45) is -0.358. The van der Waals surface area contributed by atoms with Crippen LogP contribution in [0.4, 0.5) is 0 Å². The normalized spacial score (nSPS) is 13.9. The van der Waals surface area contributed by atoms with E-state index in [0.29, 0.717) is 0 Å². The molecule has 0 radical (unpaired) electrons. The van der Waals surface area contributed by atoms with E-state index < -0.39 is 0 Å². The summed E-state index contributed by atoms with van der Waals surface area (Å²) in [6, 6.07) is 6.19. The zero-order valence-electron chi connectivity index (χ0n) is 10.9. The van der Waals surface area contributed by atoms with Crippen LogP contribution in [-0.2, 0) is 0 Å². The molecule has 0 saturated carbocycles. The van der Waals surface area contributed by atoms with Crippen molar-refractivity contribution in [3.63, 3.8) is 0 Å². The Labute approximate surface area is 103 Å². The fourth-order valence-corrected chi connectivity index (χ4v) is 2.25. The van der Waals surface area contributed by atoms with Gasteiger partial charge in [-0.05, 0) is 30.5 Å². The highest BCUT2D eigenvalue weighted by Gasteiger charge is 2.15. The number of hydrogen-bond acceptors (Lipinski definition) is 2. The van der Waals surface area contributed by atoms with Crippen LogP contribution in [0, 0.1) is 13.8 Å². The summed E-state index contributed by atoms with van der Waals surface area (Å²) in [5.74, 6) is 0.756. The zero-order chi connectivity index (χ0) is 12.3. The molecule has 1 atom stereocenters. The van der Waals surface area contributed by atoms with Gasteiger partial charge in [-0.3, -0.25) is 0 Å². The van der Waals surface area contributed by atoms with Crippen molar-refractivity contribution in [3.8, 4) is 0 Å². The van der Waals surface area contributed by atoms with Crippen molar-refractivity contribution in [1.29, 1.82) is 0 Å². The van der Waals surface area contributed by atoms with Gasteiger partial charge in [0.05, 0.1) is 6.10 Å². The molecule has 0 heterocycles. The molecule has 1 nitrogen and oxygen atoms in total. The van der Waals surface area contributed by atoms with E-state index in [9.17, 15) is 5.11 Å². The standard InChI is InChI=1S/C14H22OS/c1-10-6-7-12(8-11(10)2)13(15)9-16-14(3,4)5/h6-8,13,15H,9H2,1-5H3. The van der Waals surface area contributed by atoms with E-state index in [1.165, 1.54) is 11.1 Å². The SMILES string of the molecule is Cc1ccc(C(O)CSC(C)(C)C)cc1C. The zero-order valence-corrected chi connectivity index (χ0v) is 11.7. The molecule has 0 aliphatic rings. The van der Waals surface area contributed by atoms with Crippen LogP contribution in [0.2, 0.25) is 0 Å². The highest BCUT2D eigenvalue weighted by molar-refractivity contribution is 8.00. The monoisotopic (exact) mass is 238 g/mol. The van der Waals surface area contributed by atoms with Gasteiger partial charge in [-0.25, -0.2) is 0 Å². The number of benzene rings is 1. The first-order valence-corrected chi connectivity index (χ1v) is 6.67. The summed E-state index contributed by atoms with van der Waals surface area (Å²) >= 11 is 1.80. The fraction of sp³-hybridized carbons (Fsp3) is 0.571. The third-order valence-electron chi connectivity index (χ3n) is 2.59. The molecular formula is C14H22OS. The lowest BCUT2D eigenvalue weighted by atomic mass is 10.0. The fourth-order valence-electron chi connectivity index (χ4n) is 1.40. The molecule has 90 valence electrons. The van der Waals surface area contributed by atoms with E-state index in [1.807, 2.05) is 6.07 Å². The lowest BCUT2D eigenvalue weighted by molar-refractivity contribution is 0.203. The molecule has 16 heavy (non-hydrogen) atoms. The predicted octanol–water partition coefficient (Wildman–Crippen LogP) is 3.87. The molecule has 0 bridgehead atoms. The topological polar surface area (TPSA) is 20.2 Å². The van der Waals surface area contributed by atoms with Crippen molar-refractivity contribution in [2.75, 3.05) is 5.75 Å². The Morgan fingerprint density at radius 2 is 1.81 bits per heavy atom. The number of aryl methyl sites for hydroxylation is 2. The van der Waals surface area contributed by atoms with Crippen LogP contribution >= 0.6 is 11.8 Å². The van der Waals surface area contributed by atoms with Gasteiger partial charge in [0.25, 0.3) is 0 Å². The quantitative estimate of drug-likeness (QED) is 0.862. The minimum Gasteiger partial charge on any atom is -0.388 e. The van der Waals surface area contributed by atoms with Gasteiger partial charge in [-0.2, -0.15) is 11.8 Å². The highest BCUT2D eigenvalue weighted by Crippen LogP contribution is 2.28. The van der Waals surface area contributed by atoms with Gasteiger partial charge < -0.3 is 5.11 Å². The maximum atomic E-state index is 10.1. The molecule has 1 aromatic rings. The van der Waals surface area contributed by atoms with E-state index in [2.05, 4.69) is 46.8 Å². The average molecular weight is 238 g/mol. The number of thioether (sulfide) groups is 1. The first-order chi connectivity index (χ1) is 7.29. The molecule has 1 unspecified atom stereocenters. The Morgan fingerprint density at radius 3 is 2.31 bits per heavy atom. The molecule has 0 aromatic heterocycles. The summed E-state index contributed by atoms with van der Waals surface area (Å²) in [5, 5.41) is 10.1. The lowest BCUT2D eigenvalue weighted by Crippen LogP contribution is -2.12. The average Bonchev–Trinajstić information content (AvgIpc) is 2.17. The summed E-state index contributed by atoms with van der Waals surface area (Å²) in [5.41, 5.74) is 3.55. The van der Waals surface area contributed by atoms with Gasteiger partial charge in [0, 0.05) is 10.5 Å². The third-order valence-corrected chi connectivity index (χ3v) is 3.94. The molecule has 1 aromatic carbocycles. The van der Waals surface area contributed by atoms with Gasteiger partial charge in [-0.15, -0.1) is 0 Å². The predicted molar refractivity (Wildman–Crippen MR) is 73.1 cm³/mol. The van der Waals surface area contributed by atoms with Crippen LogP contribution in [0.1, 0.15) is 43.6 Å². The van der Waals surface area contributed by atoms with Crippen LogP contribution in [0.15, 0.2) is 18.2 Å². The first-order valence-electron chi connectivity index (χ1n) is 5.69. The molecule has 0 aliphatic heterocycles. The van der Waals surface area contributed by atoms with Crippen LogP contribution in [0.3, 0.4) is 0 Å². The van der Waals surface area contributed by atoms with E-state index in [0.717, 1.165) is 11.3 Å². The first kappa shape index (κ1) is 13.6. The second-order valence-corrected chi connectivity index (χ2v) is 7.13. The molecule has 0 saturated heterocycles. The number of aliphatic hydroxyl groups is 1. The second kappa shape index (κ2) is 5.24. The van der Waals surface area contributed by atoms with Crippen molar-refractivity contribution in [3.05, 3.63) is 34.9 Å². The molecule has 1 rings (SSSR count). The van der Waals surface area contributed by atoms with E-state index in [-0.39, 0.29) is 10.9 Å². The van der Waals surface area contributed by atoms with Gasteiger partial charge in [0.15, 0.2) is 0 Å². The minimum absolute atomic E-state index is 0.209. The molecule has 0 amide bonds. The van der Waals surface area contributed by atoms with Gasteiger partial charge in [0.1, 0.15) is 0 Å². The summed E-state index contributed by atoms with van der Waals surface area (Å²) in [7, 11) is 0. The molecule has 0 spiro atoms. The Balaban J connectivity index is 2.66. The second-order valence-electron chi connectivity index (χ2n) is 5.28. The smallest absolute Gasteiger partial charge is 0.0880 e. The maximum Gasteiger partial charge on any atom is 0.0880 e. The van der Waals surface area contributed by atoms with Gasteiger partial charge >= 0.3 is 0 Å². The van der Waals surface area contributed by atoms with E-state index >= 15 is 0 Å². The Hall–Kier alpha value is -0.470. The maximum absolute atomic E-state index is 10.1. The van der Waals surface area contributed by atoms with Crippen molar-refractivity contribution < 1.29 is 5.11 Å². The number of rotatable bonds is 3. The van der Waals surface area contributed by atoms with Gasteiger partial charge in [0.2, 0.25) is 0 Å². The summed E-state index contributed by atoms with van der Waals surface area (Å²) in [6.45, 7) is 10.7. The molecular weight excluding hydrogens is 216 g/mol. The number of hydrogen-bond donors (Lipinski definition) is 1. The number of aliphatic hydroxyl groups excluding tert-OH is 1. The van der Waals surface area contributed by atoms with Crippen molar-refractivity contribution in [1.82, 2.24) is 0 Å². The van der Waals surface area contributed by atoms with Crippen LogP contribution in [0.5, 0.6) is 0 Å². The largest absolute Gasteiger partial charge is 0.388 e. The summed E-state index contributed by atoms with van der Waals surface area (Å²) < 4.78 is 0.209. The van der Waals surface area contributed by atoms with Crippen LogP contribution in [-0.4, -0.2) is 15.6 Å². The Kier molecular flexibility index (Phi) is 4.45. The van der Waals surface area contributed by atoms with Gasteiger partial charge in [-0.1, -0.05) is 39.0 Å². The lowest BCUT2D eigenvalue weighted by Gasteiger charge is -2.20. The molecule has 0 aliphatic carbocycles. The Bertz CT molecular complexity index is 352. The summed E-state index contributed by atoms with van der Waals surface area (Å²) in [4.78, 5) is 0. The van der Waals surface area contributed by atoms with E-state index in [1.54, 1.807) is 11.8 Å². The minimum atomic E-state index is -0.358.